The normalized spacial score (nSPS) is 17.0. The van der Waals surface area contributed by atoms with Gasteiger partial charge in [-0.3, -0.25) is 4.99 Å². The topological polar surface area (TPSA) is 53.7 Å². The van der Waals surface area contributed by atoms with Crippen LogP contribution in [0.15, 0.2) is 9.52 Å². The summed E-state index contributed by atoms with van der Waals surface area (Å²) in [5, 5.41) is 7.48. The third-order valence-corrected chi connectivity index (χ3v) is 3.77. The van der Waals surface area contributed by atoms with Crippen LogP contribution in [0.1, 0.15) is 42.7 Å². The van der Waals surface area contributed by atoms with E-state index < -0.39 is 0 Å². The Balaban J connectivity index is 0.00000200. The van der Waals surface area contributed by atoms with Gasteiger partial charge in [-0.2, -0.15) is 0 Å². The molecule has 0 bridgehead atoms. The van der Waals surface area contributed by atoms with Crippen molar-refractivity contribution in [3.8, 4) is 0 Å². The molecule has 2 rings (SSSR count). The molecule has 2 heterocycles. The van der Waals surface area contributed by atoms with Gasteiger partial charge in [-0.1, -0.05) is 12.1 Å². The second-order valence-corrected chi connectivity index (χ2v) is 5.26. The van der Waals surface area contributed by atoms with Gasteiger partial charge in [0, 0.05) is 38.2 Å². The molecule has 0 amide bonds. The number of rotatable bonds is 3. The molecule has 1 fully saturated rings. The van der Waals surface area contributed by atoms with Crippen molar-refractivity contribution in [1.82, 2.24) is 15.4 Å². The Morgan fingerprint density at radius 2 is 2.05 bits per heavy atom. The van der Waals surface area contributed by atoms with E-state index in [0.717, 1.165) is 37.0 Å². The van der Waals surface area contributed by atoms with E-state index in [-0.39, 0.29) is 24.0 Å². The summed E-state index contributed by atoms with van der Waals surface area (Å²) in [5.41, 5.74) is 2.20. The highest BCUT2D eigenvalue weighted by Crippen LogP contribution is 2.22. The van der Waals surface area contributed by atoms with Gasteiger partial charge in [0.1, 0.15) is 5.76 Å². The molecule has 6 heteroatoms. The molecule has 114 valence electrons. The first-order valence-corrected chi connectivity index (χ1v) is 7.02. The van der Waals surface area contributed by atoms with E-state index in [1.165, 1.54) is 18.4 Å². The zero-order valence-electron chi connectivity index (χ0n) is 12.8. The lowest BCUT2D eigenvalue weighted by Crippen LogP contribution is -2.41. The van der Waals surface area contributed by atoms with E-state index in [4.69, 9.17) is 4.52 Å². The third kappa shape index (κ3) is 3.86. The molecule has 0 spiro atoms. The minimum atomic E-state index is 0. The fraction of sp³-hybridized carbons (Fsp3) is 0.714. The molecule has 1 aromatic heterocycles. The van der Waals surface area contributed by atoms with Crippen molar-refractivity contribution in [2.24, 2.45) is 4.99 Å². The highest BCUT2D eigenvalue weighted by molar-refractivity contribution is 14.0. The number of nitrogens with zero attached hydrogens (tertiary/aromatic N) is 3. The summed E-state index contributed by atoms with van der Waals surface area (Å²) in [7, 11) is 1.85. The first-order chi connectivity index (χ1) is 9.13. The SMILES string of the molecule is CN=C(NCC(C)c1c(C)noc1C)N1CCCC1.I. The van der Waals surface area contributed by atoms with Gasteiger partial charge >= 0.3 is 0 Å². The van der Waals surface area contributed by atoms with E-state index >= 15 is 0 Å². The maximum absolute atomic E-state index is 5.23. The van der Waals surface area contributed by atoms with Crippen LogP contribution in [0, 0.1) is 13.8 Å². The molecule has 1 atom stereocenters. The molecule has 1 N–H and O–H groups in total. The van der Waals surface area contributed by atoms with E-state index in [1.807, 2.05) is 20.9 Å². The van der Waals surface area contributed by atoms with Crippen molar-refractivity contribution in [2.75, 3.05) is 26.7 Å². The first-order valence-electron chi connectivity index (χ1n) is 7.02. The minimum absolute atomic E-state index is 0. The zero-order chi connectivity index (χ0) is 13.8. The van der Waals surface area contributed by atoms with E-state index in [0.29, 0.717) is 5.92 Å². The summed E-state index contributed by atoms with van der Waals surface area (Å²) in [4.78, 5) is 6.68. The highest BCUT2D eigenvalue weighted by atomic mass is 127. The molecule has 0 saturated carbocycles. The number of hydrogen-bond acceptors (Lipinski definition) is 3. The molecule has 20 heavy (non-hydrogen) atoms. The lowest BCUT2D eigenvalue weighted by atomic mass is 10.00. The Kier molecular flexibility index (Phi) is 6.78. The van der Waals surface area contributed by atoms with Gasteiger partial charge in [-0.15, -0.1) is 24.0 Å². The highest BCUT2D eigenvalue weighted by Gasteiger charge is 2.19. The van der Waals surface area contributed by atoms with Gasteiger partial charge in [0.05, 0.1) is 5.69 Å². The summed E-state index contributed by atoms with van der Waals surface area (Å²) < 4.78 is 5.23. The Bertz CT molecular complexity index is 433. The second kappa shape index (κ2) is 7.85. The van der Waals surface area contributed by atoms with Crippen LogP contribution in [0.2, 0.25) is 0 Å². The Labute approximate surface area is 138 Å². The van der Waals surface area contributed by atoms with Gasteiger partial charge in [-0.25, -0.2) is 0 Å². The van der Waals surface area contributed by atoms with Crippen molar-refractivity contribution in [3.63, 3.8) is 0 Å². The fourth-order valence-corrected chi connectivity index (χ4v) is 2.80. The van der Waals surface area contributed by atoms with Crippen molar-refractivity contribution >= 4 is 29.9 Å². The van der Waals surface area contributed by atoms with Gasteiger partial charge in [0.25, 0.3) is 0 Å². The van der Waals surface area contributed by atoms with Crippen LogP contribution < -0.4 is 5.32 Å². The minimum Gasteiger partial charge on any atom is -0.361 e. The number of hydrogen-bond donors (Lipinski definition) is 1. The summed E-state index contributed by atoms with van der Waals surface area (Å²) in [6, 6.07) is 0. The third-order valence-electron chi connectivity index (χ3n) is 3.77. The maximum atomic E-state index is 5.23. The molecule has 0 radical (unpaired) electrons. The molecule has 1 aliphatic heterocycles. The molecule has 1 saturated heterocycles. The van der Waals surface area contributed by atoms with Crippen LogP contribution in [-0.4, -0.2) is 42.7 Å². The molecule has 1 unspecified atom stereocenters. The van der Waals surface area contributed by atoms with Gasteiger partial charge < -0.3 is 14.7 Å². The van der Waals surface area contributed by atoms with Crippen molar-refractivity contribution < 1.29 is 4.52 Å². The average molecular weight is 392 g/mol. The van der Waals surface area contributed by atoms with Crippen LogP contribution in [-0.2, 0) is 0 Å². The number of aromatic nitrogens is 1. The van der Waals surface area contributed by atoms with Crippen LogP contribution >= 0.6 is 24.0 Å². The number of aliphatic imine (C=N–C) groups is 1. The second-order valence-electron chi connectivity index (χ2n) is 5.26. The first kappa shape index (κ1) is 17.3. The monoisotopic (exact) mass is 392 g/mol. The van der Waals surface area contributed by atoms with Gasteiger partial charge in [0.15, 0.2) is 5.96 Å². The molecule has 5 nitrogen and oxygen atoms in total. The molecule has 1 aromatic rings. The lowest BCUT2D eigenvalue weighted by molar-refractivity contribution is 0.391. The predicted molar refractivity (Wildman–Crippen MR) is 92.0 cm³/mol. The van der Waals surface area contributed by atoms with Crippen LogP contribution in [0.4, 0.5) is 0 Å². The van der Waals surface area contributed by atoms with Crippen LogP contribution in [0.3, 0.4) is 0 Å². The Hall–Kier alpha value is -0.790. The van der Waals surface area contributed by atoms with E-state index in [1.54, 1.807) is 0 Å². The smallest absolute Gasteiger partial charge is 0.193 e. The van der Waals surface area contributed by atoms with Crippen molar-refractivity contribution in [3.05, 3.63) is 17.0 Å². The van der Waals surface area contributed by atoms with Crippen LogP contribution in [0.25, 0.3) is 0 Å². The molecule has 0 aliphatic carbocycles. The number of halogens is 1. The summed E-state index contributed by atoms with van der Waals surface area (Å²) in [6.45, 7) is 9.24. The Morgan fingerprint density at radius 1 is 1.40 bits per heavy atom. The van der Waals surface area contributed by atoms with Crippen LogP contribution in [0.5, 0.6) is 0 Å². The molecule has 0 aromatic carbocycles. The standard InChI is InChI=1S/C14H24N4O.HI/c1-10(13-11(2)17-19-12(13)3)9-16-14(15-4)18-7-5-6-8-18;/h10H,5-9H2,1-4H3,(H,15,16);1H. The number of aryl methyl sites for hydroxylation is 2. The summed E-state index contributed by atoms with van der Waals surface area (Å²) in [5.74, 6) is 2.30. The molecule has 1 aliphatic rings. The average Bonchev–Trinajstić information content (AvgIpc) is 3.01. The number of guanidine groups is 1. The predicted octanol–water partition coefficient (Wildman–Crippen LogP) is 2.68. The van der Waals surface area contributed by atoms with Gasteiger partial charge in [-0.05, 0) is 26.7 Å². The zero-order valence-corrected chi connectivity index (χ0v) is 15.1. The molecular formula is C14H25IN4O. The quantitative estimate of drug-likeness (QED) is 0.488. The number of nitrogens with one attached hydrogen (secondary N) is 1. The fourth-order valence-electron chi connectivity index (χ4n) is 2.80. The number of likely N-dealkylation sites (tertiary alicyclic amines) is 1. The van der Waals surface area contributed by atoms with Crippen molar-refractivity contribution in [2.45, 2.75) is 39.5 Å². The maximum Gasteiger partial charge on any atom is 0.193 e. The van der Waals surface area contributed by atoms with Crippen molar-refractivity contribution in [1.29, 1.82) is 0 Å². The van der Waals surface area contributed by atoms with E-state index in [9.17, 15) is 0 Å². The lowest BCUT2D eigenvalue weighted by Gasteiger charge is -2.22. The Morgan fingerprint density at radius 3 is 2.55 bits per heavy atom. The summed E-state index contributed by atoms with van der Waals surface area (Å²) >= 11 is 0. The van der Waals surface area contributed by atoms with E-state index in [2.05, 4.69) is 27.3 Å². The van der Waals surface area contributed by atoms with Gasteiger partial charge in [0.2, 0.25) is 0 Å². The summed E-state index contributed by atoms with van der Waals surface area (Å²) in [6.07, 6.45) is 2.53. The largest absolute Gasteiger partial charge is 0.361 e. The molecular weight excluding hydrogens is 367 g/mol.